The number of carbonyl (C=O) groups excluding carboxylic acids is 1. The molecule has 0 bridgehead atoms. The van der Waals surface area contributed by atoms with Crippen molar-refractivity contribution in [2.24, 2.45) is 0 Å². The van der Waals surface area contributed by atoms with Crippen LogP contribution < -0.4 is 0 Å². The van der Waals surface area contributed by atoms with Crippen molar-refractivity contribution in [3.63, 3.8) is 0 Å². The van der Waals surface area contributed by atoms with E-state index in [2.05, 4.69) is 6.92 Å². The molecular formula is C30H60O6. The van der Waals surface area contributed by atoms with Gasteiger partial charge in [-0.1, -0.05) is 103 Å². The van der Waals surface area contributed by atoms with E-state index in [4.69, 9.17) is 23.7 Å². The first-order valence-corrected chi connectivity index (χ1v) is 15.3. The summed E-state index contributed by atoms with van der Waals surface area (Å²) in [5.41, 5.74) is 0. The van der Waals surface area contributed by atoms with Gasteiger partial charge in [0.05, 0.1) is 46.2 Å². The molecule has 6 nitrogen and oxygen atoms in total. The molecule has 0 radical (unpaired) electrons. The van der Waals surface area contributed by atoms with E-state index in [1.807, 2.05) is 6.92 Å². The first kappa shape index (κ1) is 35.3. The Kier molecular flexibility index (Phi) is 31.7. The van der Waals surface area contributed by atoms with Gasteiger partial charge in [-0.15, -0.1) is 0 Å². The summed E-state index contributed by atoms with van der Waals surface area (Å²) in [6.07, 6.45) is 22.7. The minimum atomic E-state index is -0.111. The predicted octanol–water partition coefficient (Wildman–Crippen LogP) is 7.66. The molecule has 36 heavy (non-hydrogen) atoms. The summed E-state index contributed by atoms with van der Waals surface area (Å²) in [6.45, 7) is 9.50. The van der Waals surface area contributed by atoms with Gasteiger partial charge >= 0.3 is 5.97 Å². The molecule has 0 fully saturated rings. The van der Waals surface area contributed by atoms with Gasteiger partial charge in [0.15, 0.2) is 0 Å². The monoisotopic (exact) mass is 516 g/mol. The molecule has 0 saturated carbocycles. The molecular weight excluding hydrogens is 456 g/mol. The Morgan fingerprint density at radius 3 is 1.25 bits per heavy atom. The second-order valence-corrected chi connectivity index (χ2v) is 9.66. The van der Waals surface area contributed by atoms with E-state index in [9.17, 15) is 4.79 Å². The summed E-state index contributed by atoms with van der Waals surface area (Å²) in [5, 5.41) is 0. The topological polar surface area (TPSA) is 63.2 Å². The lowest BCUT2D eigenvalue weighted by atomic mass is 10.0. The highest BCUT2D eigenvalue weighted by Crippen LogP contribution is 2.13. The molecule has 0 N–H and O–H groups in total. The Morgan fingerprint density at radius 1 is 0.417 bits per heavy atom. The first-order chi connectivity index (χ1) is 17.8. The van der Waals surface area contributed by atoms with Crippen LogP contribution in [0.3, 0.4) is 0 Å². The Bertz CT molecular complexity index is 418. The van der Waals surface area contributed by atoms with E-state index in [1.165, 1.54) is 89.9 Å². The minimum Gasteiger partial charge on any atom is -0.466 e. The standard InChI is InChI=1S/C30H60O6/c1-3-5-6-7-8-9-10-11-12-13-14-15-16-17-18-19-23-36-30(31)21-20-22-33-26-27-35-29-28-34-25-24-32-4-2/h3-29H2,1-2H3. The lowest BCUT2D eigenvalue weighted by Gasteiger charge is -2.07. The van der Waals surface area contributed by atoms with Crippen molar-refractivity contribution in [1.82, 2.24) is 0 Å². The average molecular weight is 517 g/mol. The fourth-order valence-corrected chi connectivity index (χ4v) is 4.03. The fourth-order valence-electron chi connectivity index (χ4n) is 4.03. The van der Waals surface area contributed by atoms with Crippen LogP contribution in [-0.4, -0.2) is 65.4 Å². The number of carbonyl (C=O) groups is 1. The zero-order chi connectivity index (χ0) is 26.2. The third-order valence-corrected chi connectivity index (χ3v) is 6.25. The number of rotatable bonds is 31. The molecule has 0 heterocycles. The van der Waals surface area contributed by atoms with Crippen LogP contribution in [0.1, 0.15) is 129 Å². The molecule has 0 spiro atoms. The van der Waals surface area contributed by atoms with Crippen molar-refractivity contribution >= 4 is 5.97 Å². The Labute approximate surface area is 223 Å². The average Bonchev–Trinajstić information content (AvgIpc) is 2.88. The summed E-state index contributed by atoms with van der Waals surface area (Å²) in [7, 11) is 0. The van der Waals surface area contributed by atoms with Gasteiger partial charge in [0, 0.05) is 19.6 Å². The highest BCUT2D eigenvalue weighted by Gasteiger charge is 2.03. The smallest absolute Gasteiger partial charge is 0.305 e. The molecule has 0 amide bonds. The Balaban J connectivity index is 3.13. The molecule has 0 rings (SSSR count). The van der Waals surface area contributed by atoms with Crippen molar-refractivity contribution < 1.29 is 28.5 Å². The summed E-state index contributed by atoms with van der Waals surface area (Å²) in [5.74, 6) is -0.111. The van der Waals surface area contributed by atoms with Gasteiger partial charge in [0.25, 0.3) is 0 Å². The van der Waals surface area contributed by atoms with Crippen molar-refractivity contribution in [2.45, 2.75) is 129 Å². The molecule has 0 aromatic heterocycles. The van der Waals surface area contributed by atoms with Gasteiger partial charge in [0.1, 0.15) is 0 Å². The van der Waals surface area contributed by atoms with Gasteiger partial charge in [-0.3, -0.25) is 4.79 Å². The highest BCUT2D eigenvalue weighted by molar-refractivity contribution is 5.69. The molecule has 6 heteroatoms. The SMILES string of the molecule is CCCCCCCCCCCCCCCCCCOC(=O)CCCOCCOCCOCCOCC. The minimum absolute atomic E-state index is 0.111. The van der Waals surface area contributed by atoms with E-state index in [0.717, 1.165) is 12.8 Å². The second-order valence-electron chi connectivity index (χ2n) is 9.66. The first-order valence-electron chi connectivity index (χ1n) is 15.3. The number of esters is 1. The number of ether oxygens (including phenoxy) is 5. The summed E-state index contributed by atoms with van der Waals surface area (Å²) in [6, 6.07) is 0. The maximum absolute atomic E-state index is 11.8. The van der Waals surface area contributed by atoms with Gasteiger partial charge in [0.2, 0.25) is 0 Å². The van der Waals surface area contributed by atoms with Crippen molar-refractivity contribution in [2.75, 3.05) is 59.5 Å². The molecule has 0 atom stereocenters. The zero-order valence-electron chi connectivity index (χ0n) is 24.0. The van der Waals surface area contributed by atoms with Crippen molar-refractivity contribution in [3.05, 3.63) is 0 Å². The third kappa shape index (κ3) is 31.3. The molecule has 216 valence electrons. The normalized spacial score (nSPS) is 11.3. The maximum Gasteiger partial charge on any atom is 0.305 e. The van der Waals surface area contributed by atoms with Gasteiger partial charge in [-0.25, -0.2) is 0 Å². The quantitative estimate of drug-likeness (QED) is 0.0696. The summed E-state index contributed by atoms with van der Waals surface area (Å²) in [4.78, 5) is 11.8. The van der Waals surface area contributed by atoms with Crippen molar-refractivity contribution in [3.8, 4) is 0 Å². The van der Waals surface area contributed by atoms with Gasteiger partial charge in [-0.05, 0) is 19.8 Å². The lowest BCUT2D eigenvalue weighted by molar-refractivity contribution is -0.144. The van der Waals surface area contributed by atoms with Crippen LogP contribution in [0, 0.1) is 0 Å². The molecule has 0 aromatic rings. The van der Waals surface area contributed by atoms with Gasteiger partial charge in [-0.2, -0.15) is 0 Å². The zero-order valence-corrected chi connectivity index (χ0v) is 24.0. The van der Waals surface area contributed by atoms with Crippen LogP contribution >= 0.6 is 0 Å². The lowest BCUT2D eigenvalue weighted by Crippen LogP contribution is -2.12. The van der Waals surface area contributed by atoms with Crippen LogP contribution in [0.25, 0.3) is 0 Å². The predicted molar refractivity (Wildman–Crippen MR) is 149 cm³/mol. The fraction of sp³-hybridized carbons (Fsp3) is 0.967. The van der Waals surface area contributed by atoms with Crippen molar-refractivity contribution in [1.29, 1.82) is 0 Å². The van der Waals surface area contributed by atoms with Crippen LogP contribution in [0.5, 0.6) is 0 Å². The summed E-state index contributed by atoms with van der Waals surface area (Å²) >= 11 is 0. The molecule has 0 aromatic carbocycles. The van der Waals surface area contributed by atoms with E-state index in [1.54, 1.807) is 0 Å². The molecule has 0 aliphatic carbocycles. The second kappa shape index (κ2) is 32.3. The van der Waals surface area contributed by atoms with E-state index < -0.39 is 0 Å². The molecule has 0 unspecified atom stereocenters. The molecule has 0 aliphatic rings. The van der Waals surface area contributed by atoms with E-state index >= 15 is 0 Å². The van der Waals surface area contributed by atoms with Crippen LogP contribution in [0.15, 0.2) is 0 Å². The van der Waals surface area contributed by atoms with Crippen LogP contribution in [0.2, 0.25) is 0 Å². The largest absolute Gasteiger partial charge is 0.466 e. The van der Waals surface area contributed by atoms with Crippen LogP contribution in [0.4, 0.5) is 0 Å². The maximum atomic E-state index is 11.8. The van der Waals surface area contributed by atoms with Crippen LogP contribution in [-0.2, 0) is 28.5 Å². The highest BCUT2D eigenvalue weighted by atomic mass is 16.6. The van der Waals surface area contributed by atoms with E-state index in [-0.39, 0.29) is 5.97 Å². The Morgan fingerprint density at radius 2 is 0.806 bits per heavy atom. The number of hydrogen-bond donors (Lipinski definition) is 0. The van der Waals surface area contributed by atoms with E-state index in [0.29, 0.717) is 72.3 Å². The number of unbranched alkanes of at least 4 members (excludes halogenated alkanes) is 15. The third-order valence-electron chi connectivity index (χ3n) is 6.25. The molecule has 0 aliphatic heterocycles. The number of hydrogen-bond acceptors (Lipinski definition) is 6. The van der Waals surface area contributed by atoms with Gasteiger partial charge < -0.3 is 23.7 Å². The Hall–Kier alpha value is -0.690. The molecule has 0 saturated heterocycles. The summed E-state index contributed by atoms with van der Waals surface area (Å²) < 4.78 is 26.8.